The van der Waals surface area contributed by atoms with Gasteiger partial charge in [-0.3, -0.25) is 0 Å². The van der Waals surface area contributed by atoms with Crippen LogP contribution in [0.2, 0.25) is 0 Å². The van der Waals surface area contributed by atoms with Gasteiger partial charge in [0.25, 0.3) is 0 Å². The summed E-state index contributed by atoms with van der Waals surface area (Å²) < 4.78 is 5.86. The zero-order valence-corrected chi connectivity index (χ0v) is 10.8. The van der Waals surface area contributed by atoms with E-state index in [0.29, 0.717) is 5.92 Å². The Bertz CT molecular complexity index is 323. The van der Waals surface area contributed by atoms with Crippen molar-refractivity contribution >= 4 is 0 Å². The van der Waals surface area contributed by atoms with Gasteiger partial charge in [0.1, 0.15) is 5.75 Å². The fourth-order valence-electron chi connectivity index (χ4n) is 1.53. The molecule has 0 radical (unpaired) electrons. The Morgan fingerprint density at radius 3 is 2.75 bits per heavy atom. The normalized spacial score (nSPS) is 12.5. The molecule has 0 spiro atoms. The Hall–Kier alpha value is -1.02. The highest BCUT2D eigenvalue weighted by Crippen LogP contribution is 2.20. The fourth-order valence-corrected chi connectivity index (χ4v) is 1.53. The summed E-state index contributed by atoms with van der Waals surface area (Å²) in [4.78, 5) is 0. The van der Waals surface area contributed by atoms with Crippen LogP contribution in [0, 0.1) is 12.8 Å². The number of nitrogens with one attached hydrogen (secondary N) is 1. The maximum absolute atomic E-state index is 5.86. The first-order valence-electron chi connectivity index (χ1n) is 6.04. The fraction of sp³-hybridized carbons (Fsp3) is 0.571. The first-order chi connectivity index (χ1) is 7.67. The average molecular weight is 221 g/mol. The molecule has 1 aromatic rings. The molecule has 0 fully saturated rings. The standard InChI is InChI=1S/C14H23NO/c1-5-11(2)10-16-14-7-6-12(3)8-13(14)9-15-4/h6-8,11,15H,5,9-10H2,1-4H3. The monoisotopic (exact) mass is 221 g/mol. The Kier molecular flexibility index (Phi) is 5.33. The van der Waals surface area contributed by atoms with E-state index in [4.69, 9.17) is 4.74 Å². The van der Waals surface area contributed by atoms with Crippen LogP contribution in [0.25, 0.3) is 0 Å². The van der Waals surface area contributed by atoms with Crippen molar-refractivity contribution in [3.8, 4) is 5.75 Å². The second-order valence-electron chi connectivity index (χ2n) is 4.47. The highest BCUT2D eigenvalue weighted by Gasteiger charge is 2.05. The van der Waals surface area contributed by atoms with Crippen molar-refractivity contribution in [3.05, 3.63) is 29.3 Å². The first-order valence-corrected chi connectivity index (χ1v) is 6.04. The molecule has 0 heterocycles. The van der Waals surface area contributed by atoms with Gasteiger partial charge in [0.2, 0.25) is 0 Å². The van der Waals surface area contributed by atoms with Gasteiger partial charge in [-0.15, -0.1) is 0 Å². The minimum absolute atomic E-state index is 0.615. The van der Waals surface area contributed by atoms with Crippen LogP contribution in [0.5, 0.6) is 5.75 Å². The van der Waals surface area contributed by atoms with E-state index in [-0.39, 0.29) is 0 Å². The Labute approximate surface area is 99.0 Å². The van der Waals surface area contributed by atoms with Gasteiger partial charge in [0.05, 0.1) is 6.61 Å². The van der Waals surface area contributed by atoms with Crippen LogP contribution in [0.4, 0.5) is 0 Å². The van der Waals surface area contributed by atoms with Crippen LogP contribution in [0.3, 0.4) is 0 Å². The third-order valence-electron chi connectivity index (χ3n) is 2.80. The minimum atomic E-state index is 0.615. The molecular formula is C14H23NO. The van der Waals surface area contributed by atoms with Crippen LogP contribution in [-0.2, 0) is 6.54 Å². The minimum Gasteiger partial charge on any atom is -0.493 e. The van der Waals surface area contributed by atoms with Crippen LogP contribution >= 0.6 is 0 Å². The van der Waals surface area contributed by atoms with Gasteiger partial charge in [-0.1, -0.05) is 38.0 Å². The number of hydrogen-bond donors (Lipinski definition) is 1. The van der Waals surface area contributed by atoms with Gasteiger partial charge in [-0.2, -0.15) is 0 Å². The quantitative estimate of drug-likeness (QED) is 0.797. The summed E-state index contributed by atoms with van der Waals surface area (Å²) in [6, 6.07) is 6.36. The van der Waals surface area contributed by atoms with Crippen LogP contribution in [-0.4, -0.2) is 13.7 Å². The van der Waals surface area contributed by atoms with E-state index in [2.05, 4.69) is 44.3 Å². The summed E-state index contributed by atoms with van der Waals surface area (Å²) in [7, 11) is 1.96. The van der Waals surface area contributed by atoms with Crippen LogP contribution in [0.1, 0.15) is 31.4 Å². The van der Waals surface area contributed by atoms with Gasteiger partial charge >= 0.3 is 0 Å². The largest absolute Gasteiger partial charge is 0.493 e. The summed E-state index contributed by atoms with van der Waals surface area (Å²) in [6.45, 7) is 8.18. The number of hydrogen-bond acceptors (Lipinski definition) is 2. The molecule has 1 N–H and O–H groups in total. The molecule has 0 aliphatic rings. The average Bonchev–Trinajstić information content (AvgIpc) is 2.28. The lowest BCUT2D eigenvalue weighted by Crippen LogP contribution is -2.11. The molecule has 1 rings (SSSR count). The summed E-state index contributed by atoms with van der Waals surface area (Å²) in [5.41, 5.74) is 2.52. The molecule has 0 saturated heterocycles. The molecule has 0 amide bonds. The van der Waals surface area contributed by atoms with Crippen LogP contribution in [0.15, 0.2) is 18.2 Å². The van der Waals surface area contributed by atoms with Gasteiger partial charge in [-0.25, -0.2) is 0 Å². The SMILES string of the molecule is CCC(C)COc1ccc(C)cc1CNC. The summed E-state index contributed by atoms with van der Waals surface area (Å²) in [5.74, 6) is 1.63. The summed E-state index contributed by atoms with van der Waals surface area (Å²) in [6.07, 6.45) is 1.16. The molecule has 16 heavy (non-hydrogen) atoms. The third kappa shape index (κ3) is 3.86. The van der Waals surface area contributed by atoms with Gasteiger partial charge < -0.3 is 10.1 Å². The van der Waals surface area contributed by atoms with Crippen molar-refractivity contribution in [1.82, 2.24) is 5.32 Å². The molecule has 90 valence electrons. The van der Waals surface area contributed by atoms with Crippen molar-refractivity contribution in [2.24, 2.45) is 5.92 Å². The third-order valence-corrected chi connectivity index (χ3v) is 2.80. The van der Waals surface area contributed by atoms with Crippen molar-refractivity contribution in [2.45, 2.75) is 33.7 Å². The van der Waals surface area contributed by atoms with E-state index in [1.54, 1.807) is 0 Å². The second-order valence-corrected chi connectivity index (χ2v) is 4.47. The zero-order valence-electron chi connectivity index (χ0n) is 10.8. The number of rotatable bonds is 6. The van der Waals surface area contributed by atoms with E-state index >= 15 is 0 Å². The van der Waals surface area contributed by atoms with Crippen molar-refractivity contribution < 1.29 is 4.74 Å². The van der Waals surface area contributed by atoms with Crippen molar-refractivity contribution in [1.29, 1.82) is 0 Å². The molecule has 0 aliphatic carbocycles. The van der Waals surface area contributed by atoms with E-state index < -0.39 is 0 Å². The topological polar surface area (TPSA) is 21.3 Å². The number of benzene rings is 1. The Morgan fingerprint density at radius 1 is 1.38 bits per heavy atom. The Morgan fingerprint density at radius 2 is 2.12 bits per heavy atom. The molecular weight excluding hydrogens is 198 g/mol. The lowest BCUT2D eigenvalue weighted by Gasteiger charge is -2.15. The maximum atomic E-state index is 5.86. The molecule has 2 nitrogen and oxygen atoms in total. The predicted molar refractivity (Wildman–Crippen MR) is 68.9 cm³/mol. The lowest BCUT2D eigenvalue weighted by atomic mass is 10.1. The van der Waals surface area contributed by atoms with E-state index in [1.165, 1.54) is 11.1 Å². The summed E-state index contributed by atoms with van der Waals surface area (Å²) >= 11 is 0. The van der Waals surface area contributed by atoms with Gasteiger partial charge in [0.15, 0.2) is 0 Å². The Balaban J connectivity index is 2.70. The van der Waals surface area contributed by atoms with Gasteiger partial charge in [0, 0.05) is 12.1 Å². The predicted octanol–water partition coefficient (Wildman–Crippen LogP) is 3.14. The van der Waals surface area contributed by atoms with Gasteiger partial charge in [-0.05, 0) is 26.0 Å². The highest BCUT2D eigenvalue weighted by molar-refractivity contribution is 5.36. The molecule has 0 bridgehead atoms. The smallest absolute Gasteiger partial charge is 0.123 e. The lowest BCUT2D eigenvalue weighted by molar-refractivity contribution is 0.254. The van der Waals surface area contributed by atoms with Crippen LogP contribution < -0.4 is 10.1 Å². The molecule has 1 atom stereocenters. The molecule has 1 unspecified atom stereocenters. The summed E-state index contributed by atoms with van der Waals surface area (Å²) in [5, 5.41) is 3.17. The van der Waals surface area contributed by atoms with E-state index in [9.17, 15) is 0 Å². The second kappa shape index (κ2) is 6.54. The molecule has 1 aromatic carbocycles. The van der Waals surface area contributed by atoms with E-state index in [1.807, 2.05) is 7.05 Å². The number of aryl methyl sites for hydroxylation is 1. The first kappa shape index (κ1) is 13.0. The maximum Gasteiger partial charge on any atom is 0.123 e. The zero-order chi connectivity index (χ0) is 12.0. The highest BCUT2D eigenvalue weighted by atomic mass is 16.5. The van der Waals surface area contributed by atoms with Crippen molar-refractivity contribution in [2.75, 3.05) is 13.7 Å². The van der Waals surface area contributed by atoms with E-state index in [0.717, 1.165) is 25.3 Å². The number of ether oxygens (including phenoxy) is 1. The molecule has 2 heteroatoms. The molecule has 0 saturated carbocycles. The van der Waals surface area contributed by atoms with Crippen molar-refractivity contribution in [3.63, 3.8) is 0 Å². The molecule has 0 aromatic heterocycles. The molecule has 0 aliphatic heterocycles.